The second-order valence-electron chi connectivity index (χ2n) is 7.94. The fourth-order valence-electron chi connectivity index (χ4n) is 1.45. The summed E-state index contributed by atoms with van der Waals surface area (Å²) < 4.78 is 0. The summed E-state index contributed by atoms with van der Waals surface area (Å²) in [5.74, 6) is 0. The fraction of sp³-hybridized carbons (Fsp3) is 0. The maximum absolute atomic E-state index is 3.48. The van der Waals surface area contributed by atoms with Gasteiger partial charge in [-0.2, -0.15) is 0 Å². The number of halogens is 100. The van der Waals surface area contributed by atoms with E-state index in [1.165, 1.54) is 0 Å². The van der Waals surface area contributed by atoms with E-state index in [-0.39, 0.29) is 0 Å². The van der Waals surface area contributed by atoms with Crippen LogP contribution in [0.25, 0.3) is 0 Å². The average molecular weight is 12700 g/mol. The Kier molecular flexibility index (Phi) is 180. The van der Waals surface area contributed by atoms with Gasteiger partial charge in [-0.15, -0.1) is 0 Å². The Bertz CT molecular complexity index is 1970. The van der Waals surface area contributed by atoms with Crippen LogP contribution in [0, 0.1) is 0 Å². The standard InChI is InChI=1S/I100/c1-52(2)54(5)56(7)58(9)60(11)62(13)64(15)66(17)68(19)70(21)72(23)74(25)76(27)78(29)80(31)82(33)84(35)86(37)88(39)90(41)92(43)94(45)96(47)98(49)100(51)99(50)97(48)95(46)93(44)91(42)89(40)87(38)85(36)83(34)81(32)79(30)77(28)75(26)73(24)71(22)69(20)67(18)65(16)63(14)61(12)59(10)57(8)55(6)53(3)4. The van der Waals surface area contributed by atoms with Gasteiger partial charge < -0.3 is 0 Å². The molecule has 0 spiro atoms. The molecule has 0 bridgehead atoms. The summed E-state index contributed by atoms with van der Waals surface area (Å²) in [4.78, 5) is 0. The van der Waals surface area contributed by atoms with Crippen molar-refractivity contribution in [1.29, 1.82) is 0 Å². The van der Waals surface area contributed by atoms with Gasteiger partial charge in [0, 0.05) is 0 Å². The first-order valence-electron chi connectivity index (χ1n) is 14.1. The van der Waals surface area contributed by atoms with Gasteiger partial charge in [0.2, 0.25) is 0 Å². The molecule has 0 fully saturated rings. The summed E-state index contributed by atoms with van der Waals surface area (Å²) in [6, 6.07) is 0. The average Bonchev–Trinajstić information content (AvgIpc) is 0.832. The van der Waals surface area contributed by atoms with E-state index in [4.69, 9.17) is 0 Å². The predicted molar refractivity (Wildman–Crippen MR) is 1400 cm³/mol. The van der Waals surface area contributed by atoms with E-state index in [1.54, 1.807) is 0 Å². The molecule has 0 nitrogen and oxygen atoms in total. The first-order valence-corrected chi connectivity index (χ1v) is 636. The molecule has 0 atom stereocenters. The topological polar surface area (TPSA) is 0 Å². The molecule has 0 aliphatic heterocycles. The summed E-state index contributed by atoms with van der Waals surface area (Å²) in [6.07, 6.45) is 0. The fourth-order valence-corrected chi connectivity index (χ4v) is 19700. The first kappa shape index (κ1) is 173. The van der Waals surface area contributed by atoms with Crippen molar-refractivity contribution < 1.29 is 0 Å². The van der Waals surface area contributed by atoms with Crippen molar-refractivity contribution in [2.75, 3.05) is 0 Å². The zero-order valence-electron chi connectivity index (χ0n) is 37.8. The van der Waals surface area contributed by atoms with Crippen molar-refractivity contribution in [2.45, 2.75) is 0 Å². The molecule has 0 aliphatic carbocycles. The zero-order chi connectivity index (χ0) is 79.3. The van der Waals surface area contributed by atoms with Crippen molar-refractivity contribution in [2.24, 2.45) is 0 Å². The molecule has 0 aromatic rings. The monoisotopic (exact) mass is 12700 g/mol. The van der Waals surface area contributed by atoms with E-state index in [1.807, 2.05) is 0 Å². The van der Waals surface area contributed by atoms with Gasteiger partial charge in [0.15, 0.2) is 0 Å². The Morgan fingerprint density at radius 2 is 0.0800 bits per heavy atom. The van der Waals surface area contributed by atoms with E-state index in [0.717, 1.165) is 0 Å². The van der Waals surface area contributed by atoms with Gasteiger partial charge in [-0.3, -0.25) is 0 Å². The minimum absolute atomic E-state index is 0.491. The van der Waals surface area contributed by atoms with E-state index in [0.29, 0.717) is 0 Å². The maximum atomic E-state index is 3.48. The molecule has 0 heterocycles. The number of hydrogen-bond acceptors (Lipinski definition) is 0. The molecule has 0 amide bonds. The molecule has 0 radical (unpaired) electrons. The van der Waals surface area contributed by atoms with E-state index < -0.39 is 387 Å². The SMILES string of the molecule is II(I)I(I)I(I)I(I)I(I)I(I)I(I)I(I)I(I)I(I)I(I)I(I)I(I)I(I)I(I)I(I)I(I)I(I)I(I)I(I)I(I)I(I)I(I)I(I)I(I)I(I)I(I)I(I)I(I)I(I)I(I)I(I)I(I)I(I)I(I)I(I)I(I)I(I)I(I)I(I)I(I)I(I)I(I)I(I)I(I)I(I)I(I)I(I)I(I)I. The Morgan fingerprint density at radius 1 is 0.0500 bits per heavy atom. The van der Waals surface area contributed by atoms with Crippen LogP contribution in [0.3, 0.4) is 0 Å². The van der Waals surface area contributed by atoms with E-state index in [2.05, 4.69) is 949 Å². The second kappa shape index (κ2) is 104. The van der Waals surface area contributed by atoms with Gasteiger partial charge in [0.05, 0.1) is 0 Å². The molecule has 100 heavy (non-hydrogen) atoms. The molecule has 0 aliphatic rings. The van der Waals surface area contributed by atoms with Crippen LogP contribution in [0.1, 0.15) is 0 Å². The summed E-state index contributed by atoms with van der Waals surface area (Å²) in [7, 11) is -30.1. The van der Waals surface area contributed by atoms with Gasteiger partial charge >= 0.3 is 1340 Å². The quantitative estimate of drug-likeness (QED) is 0.0533. The van der Waals surface area contributed by atoms with Gasteiger partial charge in [-0.25, -0.2) is 0 Å². The molecule has 0 rings (SSSR count). The number of rotatable bonds is 48. The van der Waals surface area contributed by atoms with Crippen LogP contribution in [-0.4, -0.2) is 0 Å². The summed E-state index contributed by atoms with van der Waals surface area (Å²) in [6.45, 7) is 0. The van der Waals surface area contributed by atoms with Crippen molar-refractivity contribution in [3.05, 3.63) is 0 Å². The normalized spacial score (nSPS) is 19.2. The molecule has 700 valence electrons. The molecular formula is I100. The Labute approximate surface area is 1250 Å². The molecule has 0 aromatic carbocycles. The van der Waals surface area contributed by atoms with Gasteiger partial charge in [-0.05, 0) is 0 Å². The summed E-state index contributed by atoms with van der Waals surface area (Å²) in [5.41, 5.74) is 0. The minimum atomic E-state index is -0.661. The summed E-state index contributed by atoms with van der Waals surface area (Å²) >= 11 is 173. The van der Waals surface area contributed by atoms with Crippen LogP contribution in [0.15, 0.2) is 0 Å². The third-order valence-corrected chi connectivity index (χ3v) is 7930. The van der Waals surface area contributed by atoms with Gasteiger partial charge in [-0.1, -0.05) is 0 Å². The molecule has 0 saturated carbocycles. The van der Waals surface area contributed by atoms with Crippen LogP contribution in [0.5, 0.6) is 0 Å². The third kappa shape index (κ3) is 70.4. The van der Waals surface area contributed by atoms with Gasteiger partial charge in [0.25, 0.3) is 0 Å². The van der Waals surface area contributed by atoms with Crippen LogP contribution < -0.4 is 0 Å². The first-order chi connectivity index (χ1) is 45.4. The van der Waals surface area contributed by atoms with Crippen LogP contribution in [-0.2, 0) is 0 Å². The van der Waals surface area contributed by atoms with Crippen molar-refractivity contribution in [1.82, 2.24) is 0 Å². The van der Waals surface area contributed by atoms with E-state index in [9.17, 15) is 0 Å². The van der Waals surface area contributed by atoms with Gasteiger partial charge in [0.1, 0.15) is 0 Å². The number of hydrogen-bond donors (Lipinski definition) is 0. The van der Waals surface area contributed by atoms with Crippen molar-refractivity contribution >= 4 is 1340 Å². The molecule has 0 saturated heterocycles. The zero-order valence-corrected chi connectivity index (χ0v) is 254. The predicted octanol–water partition coefficient (Wildman–Crippen LogP) is 88.6. The Balaban J connectivity index is 5.90. The summed E-state index contributed by atoms with van der Waals surface area (Å²) in [5, 5.41) is 0. The molecular weight excluding hydrogens is 12700 g/mol. The Morgan fingerprint density at radius 3 is 0.110 bits per heavy atom. The van der Waals surface area contributed by atoms with Crippen molar-refractivity contribution in [3.63, 3.8) is 0 Å². The molecule has 0 unspecified atom stereocenters. The van der Waals surface area contributed by atoms with Crippen molar-refractivity contribution in [3.8, 4) is 0 Å². The third-order valence-electron chi connectivity index (χ3n) is 3.92. The van der Waals surface area contributed by atoms with Crippen LogP contribution >= 0.6 is 1340 Å². The molecule has 0 aromatic heterocycles. The van der Waals surface area contributed by atoms with Crippen LogP contribution in [0.4, 0.5) is 0 Å². The Hall–Kier alpha value is 73.0. The molecule has 100 heteroatoms. The molecule has 0 N–H and O–H groups in total. The second-order valence-corrected chi connectivity index (χ2v) is 2400. The van der Waals surface area contributed by atoms with Crippen LogP contribution in [0.2, 0.25) is 0 Å². The van der Waals surface area contributed by atoms with E-state index >= 15 is 0 Å².